The van der Waals surface area contributed by atoms with Crippen LogP contribution >= 0.6 is 0 Å². The predicted molar refractivity (Wildman–Crippen MR) is 90.9 cm³/mol. The van der Waals surface area contributed by atoms with Crippen LogP contribution in [0, 0.1) is 5.82 Å². The Morgan fingerprint density at radius 1 is 0.826 bits per heavy atom. The zero-order chi connectivity index (χ0) is 15.9. The van der Waals surface area contributed by atoms with Gasteiger partial charge < -0.3 is 4.74 Å². The molecule has 0 aliphatic carbocycles. The standard InChI is InChI=1S/C20H16FNO/c21-18-10-12-19(13-11-18)22-14-17-8-4-5-9-20(17)23-15-16-6-2-1-3-7-16/h1-14H,15H2. The van der Waals surface area contributed by atoms with Gasteiger partial charge in [-0.3, -0.25) is 4.99 Å². The van der Waals surface area contributed by atoms with E-state index in [1.807, 2.05) is 54.6 Å². The molecule has 0 atom stereocenters. The van der Waals surface area contributed by atoms with Crippen LogP contribution in [0.2, 0.25) is 0 Å². The van der Waals surface area contributed by atoms with E-state index in [2.05, 4.69) is 4.99 Å². The van der Waals surface area contributed by atoms with E-state index < -0.39 is 0 Å². The highest BCUT2D eigenvalue weighted by molar-refractivity contribution is 5.85. The largest absolute Gasteiger partial charge is 0.488 e. The van der Waals surface area contributed by atoms with Crippen LogP contribution in [0.3, 0.4) is 0 Å². The van der Waals surface area contributed by atoms with Gasteiger partial charge in [0, 0.05) is 11.8 Å². The summed E-state index contributed by atoms with van der Waals surface area (Å²) in [6.07, 6.45) is 1.73. The van der Waals surface area contributed by atoms with Gasteiger partial charge in [0.25, 0.3) is 0 Å². The van der Waals surface area contributed by atoms with Gasteiger partial charge in [0.2, 0.25) is 0 Å². The Balaban J connectivity index is 1.73. The Labute approximate surface area is 134 Å². The molecule has 0 unspecified atom stereocenters. The van der Waals surface area contributed by atoms with Crippen LogP contribution in [0.5, 0.6) is 5.75 Å². The zero-order valence-corrected chi connectivity index (χ0v) is 12.5. The number of benzene rings is 3. The summed E-state index contributed by atoms with van der Waals surface area (Å²) in [5, 5.41) is 0. The number of para-hydroxylation sites is 1. The van der Waals surface area contributed by atoms with Gasteiger partial charge in [0.1, 0.15) is 18.2 Å². The van der Waals surface area contributed by atoms with Gasteiger partial charge in [-0.05, 0) is 42.0 Å². The number of hydrogen-bond acceptors (Lipinski definition) is 2. The summed E-state index contributed by atoms with van der Waals surface area (Å²) in [5.41, 5.74) is 2.69. The van der Waals surface area contributed by atoms with Crippen molar-refractivity contribution in [1.29, 1.82) is 0 Å². The van der Waals surface area contributed by atoms with Gasteiger partial charge >= 0.3 is 0 Å². The van der Waals surface area contributed by atoms with Crippen molar-refractivity contribution in [3.63, 3.8) is 0 Å². The summed E-state index contributed by atoms with van der Waals surface area (Å²) >= 11 is 0. The summed E-state index contributed by atoms with van der Waals surface area (Å²) in [5.74, 6) is 0.498. The normalized spacial score (nSPS) is 10.8. The first-order valence-corrected chi connectivity index (χ1v) is 7.37. The Bertz CT molecular complexity index is 782. The predicted octanol–water partition coefficient (Wildman–Crippen LogP) is 5.16. The lowest BCUT2D eigenvalue weighted by atomic mass is 10.2. The van der Waals surface area contributed by atoms with E-state index in [4.69, 9.17) is 4.74 Å². The van der Waals surface area contributed by atoms with Crippen LogP contribution in [0.1, 0.15) is 11.1 Å². The molecule has 0 aliphatic rings. The quantitative estimate of drug-likeness (QED) is 0.597. The van der Waals surface area contributed by atoms with E-state index in [9.17, 15) is 4.39 Å². The van der Waals surface area contributed by atoms with E-state index in [-0.39, 0.29) is 5.82 Å². The molecule has 3 rings (SSSR count). The molecule has 0 heterocycles. The van der Waals surface area contributed by atoms with Crippen molar-refractivity contribution in [1.82, 2.24) is 0 Å². The molecule has 0 aliphatic heterocycles. The lowest BCUT2D eigenvalue weighted by Crippen LogP contribution is -1.97. The smallest absolute Gasteiger partial charge is 0.128 e. The molecule has 0 aromatic heterocycles. The Morgan fingerprint density at radius 2 is 1.52 bits per heavy atom. The molecule has 0 saturated heterocycles. The monoisotopic (exact) mass is 305 g/mol. The number of ether oxygens (including phenoxy) is 1. The maximum Gasteiger partial charge on any atom is 0.128 e. The number of rotatable bonds is 5. The molecular formula is C20H16FNO. The van der Waals surface area contributed by atoms with Gasteiger partial charge in [-0.2, -0.15) is 0 Å². The second-order valence-electron chi connectivity index (χ2n) is 5.05. The van der Waals surface area contributed by atoms with Crippen LogP contribution in [-0.4, -0.2) is 6.21 Å². The van der Waals surface area contributed by atoms with Crippen molar-refractivity contribution in [3.8, 4) is 5.75 Å². The van der Waals surface area contributed by atoms with Crippen LogP contribution in [-0.2, 0) is 6.61 Å². The Hall–Kier alpha value is -2.94. The highest BCUT2D eigenvalue weighted by Crippen LogP contribution is 2.19. The first kappa shape index (κ1) is 15.0. The fraction of sp³-hybridized carbons (Fsp3) is 0.0500. The van der Waals surface area contributed by atoms with Crippen LogP contribution < -0.4 is 4.74 Å². The molecule has 0 spiro atoms. The van der Waals surface area contributed by atoms with Crippen molar-refractivity contribution in [3.05, 3.63) is 95.8 Å². The maximum atomic E-state index is 12.9. The Kier molecular flexibility index (Phi) is 4.79. The van der Waals surface area contributed by atoms with Crippen molar-refractivity contribution < 1.29 is 9.13 Å². The minimum absolute atomic E-state index is 0.268. The number of aliphatic imine (C=N–C) groups is 1. The lowest BCUT2D eigenvalue weighted by molar-refractivity contribution is 0.306. The highest BCUT2D eigenvalue weighted by Gasteiger charge is 2.01. The molecular weight excluding hydrogens is 289 g/mol. The molecule has 3 aromatic carbocycles. The summed E-state index contributed by atoms with van der Waals surface area (Å²) in [6, 6.07) is 23.8. The molecule has 0 bridgehead atoms. The second-order valence-corrected chi connectivity index (χ2v) is 5.05. The first-order valence-electron chi connectivity index (χ1n) is 7.37. The van der Waals surface area contributed by atoms with E-state index in [0.29, 0.717) is 12.3 Å². The summed E-state index contributed by atoms with van der Waals surface area (Å²) in [6.45, 7) is 0.502. The van der Waals surface area contributed by atoms with Crippen LogP contribution in [0.4, 0.5) is 10.1 Å². The van der Waals surface area contributed by atoms with Crippen LogP contribution in [0.25, 0.3) is 0 Å². The third-order valence-corrected chi connectivity index (χ3v) is 3.34. The van der Waals surface area contributed by atoms with Crippen molar-refractivity contribution >= 4 is 11.9 Å². The fourth-order valence-electron chi connectivity index (χ4n) is 2.13. The SMILES string of the molecule is Fc1ccc(N=Cc2ccccc2OCc2ccccc2)cc1. The van der Waals surface area contributed by atoms with Crippen molar-refractivity contribution in [2.75, 3.05) is 0 Å². The minimum Gasteiger partial charge on any atom is -0.488 e. The van der Waals surface area contributed by atoms with Gasteiger partial charge in [-0.1, -0.05) is 42.5 Å². The molecule has 114 valence electrons. The van der Waals surface area contributed by atoms with Crippen molar-refractivity contribution in [2.45, 2.75) is 6.61 Å². The van der Waals surface area contributed by atoms with E-state index in [0.717, 1.165) is 16.9 Å². The minimum atomic E-state index is -0.268. The van der Waals surface area contributed by atoms with Gasteiger partial charge in [-0.25, -0.2) is 4.39 Å². The molecule has 0 N–H and O–H groups in total. The molecule has 3 heteroatoms. The molecule has 23 heavy (non-hydrogen) atoms. The first-order chi connectivity index (χ1) is 11.3. The lowest BCUT2D eigenvalue weighted by Gasteiger charge is -2.08. The van der Waals surface area contributed by atoms with Gasteiger partial charge in [0.05, 0.1) is 5.69 Å². The zero-order valence-electron chi connectivity index (χ0n) is 12.5. The van der Waals surface area contributed by atoms with E-state index in [1.165, 1.54) is 12.1 Å². The molecule has 3 aromatic rings. The molecule has 0 radical (unpaired) electrons. The van der Waals surface area contributed by atoms with E-state index >= 15 is 0 Å². The molecule has 2 nitrogen and oxygen atoms in total. The van der Waals surface area contributed by atoms with Gasteiger partial charge in [0.15, 0.2) is 0 Å². The average molecular weight is 305 g/mol. The topological polar surface area (TPSA) is 21.6 Å². The fourth-order valence-corrected chi connectivity index (χ4v) is 2.13. The molecule has 0 fully saturated rings. The Morgan fingerprint density at radius 3 is 2.30 bits per heavy atom. The number of halogens is 1. The van der Waals surface area contributed by atoms with Crippen molar-refractivity contribution in [2.24, 2.45) is 4.99 Å². The third kappa shape index (κ3) is 4.27. The van der Waals surface area contributed by atoms with Crippen LogP contribution in [0.15, 0.2) is 83.9 Å². The number of hydrogen-bond donors (Lipinski definition) is 0. The average Bonchev–Trinajstić information content (AvgIpc) is 2.61. The summed E-state index contributed by atoms with van der Waals surface area (Å²) < 4.78 is 18.8. The van der Waals surface area contributed by atoms with E-state index in [1.54, 1.807) is 18.3 Å². The third-order valence-electron chi connectivity index (χ3n) is 3.34. The number of nitrogens with zero attached hydrogens (tertiary/aromatic N) is 1. The van der Waals surface area contributed by atoms with Gasteiger partial charge in [-0.15, -0.1) is 0 Å². The summed E-state index contributed by atoms with van der Waals surface area (Å²) in [7, 11) is 0. The maximum absolute atomic E-state index is 12.9. The second kappa shape index (κ2) is 7.36. The highest BCUT2D eigenvalue weighted by atomic mass is 19.1. The molecule has 0 amide bonds. The molecule has 0 saturated carbocycles. The summed E-state index contributed by atoms with van der Waals surface area (Å²) in [4.78, 5) is 4.36.